The molecule has 0 saturated heterocycles. The fourth-order valence-electron chi connectivity index (χ4n) is 2.06. The van der Waals surface area contributed by atoms with E-state index in [9.17, 15) is 14.4 Å². The van der Waals surface area contributed by atoms with Crippen molar-refractivity contribution in [1.82, 2.24) is 4.90 Å². The largest absolute Gasteiger partial charge is 0.452 e. The second-order valence-electron chi connectivity index (χ2n) is 5.89. The molecule has 144 valence electrons. The summed E-state index contributed by atoms with van der Waals surface area (Å²) in [6.07, 6.45) is 0. The van der Waals surface area contributed by atoms with E-state index in [0.717, 1.165) is 0 Å². The van der Waals surface area contributed by atoms with E-state index in [1.165, 1.54) is 16.7 Å². The molecule has 28 heavy (non-hydrogen) atoms. The van der Waals surface area contributed by atoms with Gasteiger partial charge in [0.1, 0.15) is 0 Å². The molecule has 8 heteroatoms. The highest BCUT2D eigenvalue weighted by Crippen LogP contribution is 2.23. The average molecular weight is 397 g/mol. The monoisotopic (exact) mass is 397 g/mol. The first-order valence-electron chi connectivity index (χ1n) is 8.30. The molecule has 7 nitrogen and oxygen atoms in total. The molecule has 0 aliphatic heterocycles. The van der Waals surface area contributed by atoms with Crippen LogP contribution in [-0.2, 0) is 14.3 Å². The maximum atomic E-state index is 12.3. The molecule has 0 spiro atoms. The topological polar surface area (TPSA) is 99.5 Å². The van der Waals surface area contributed by atoms with Crippen molar-refractivity contribution in [1.29, 1.82) is 5.26 Å². The first-order valence-corrected chi connectivity index (χ1v) is 9.28. The van der Waals surface area contributed by atoms with Crippen LogP contribution < -0.4 is 5.32 Å². The first-order chi connectivity index (χ1) is 13.4. The van der Waals surface area contributed by atoms with E-state index in [2.05, 4.69) is 5.32 Å². The summed E-state index contributed by atoms with van der Waals surface area (Å²) in [5.41, 5.74) is 1.27. The molecule has 0 aliphatic carbocycles. The van der Waals surface area contributed by atoms with Crippen molar-refractivity contribution in [3.8, 4) is 6.07 Å². The highest BCUT2D eigenvalue weighted by Gasteiger charge is 2.16. The number of hydrogen-bond donors (Lipinski definition) is 1. The minimum atomic E-state index is -0.643. The molecule has 0 atom stereocenters. The van der Waals surface area contributed by atoms with E-state index in [1.807, 2.05) is 6.07 Å². The Morgan fingerprint density at radius 3 is 2.43 bits per heavy atom. The number of carbonyl (C=O) groups excluding carboxylic acids is 3. The second kappa shape index (κ2) is 10.1. The number of nitriles is 1. The standard InChI is InChI=1S/C20H19N3O4S/c1-23(2)19(25)13-28-17-6-4-3-5-16(17)20(26)27-12-18(24)22-15-9-7-14(11-21)8-10-15/h3-10H,12-13H2,1-2H3,(H,22,24). The Morgan fingerprint density at radius 1 is 1.11 bits per heavy atom. The van der Waals surface area contributed by atoms with Gasteiger partial charge in [0.15, 0.2) is 6.61 Å². The zero-order chi connectivity index (χ0) is 20.5. The molecule has 0 heterocycles. The SMILES string of the molecule is CN(C)C(=O)CSc1ccccc1C(=O)OCC(=O)Nc1ccc(C#N)cc1. The third-order valence-electron chi connectivity index (χ3n) is 3.59. The zero-order valence-electron chi connectivity index (χ0n) is 15.5. The van der Waals surface area contributed by atoms with Gasteiger partial charge in [-0.05, 0) is 36.4 Å². The van der Waals surface area contributed by atoms with E-state index in [1.54, 1.807) is 62.6 Å². The van der Waals surface area contributed by atoms with Crippen LogP contribution >= 0.6 is 11.8 Å². The number of anilines is 1. The van der Waals surface area contributed by atoms with E-state index < -0.39 is 18.5 Å². The van der Waals surface area contributed by atoms with Crippen molar-refractivity contribution in [2.45, 2.75) is 4.90 Å². The predicted octanol–water partition coefficient (Wildman–Crippen LogP) is 2.53. The molecular weight excluding hydrogens is 378 g/mol. The quantitative estimate of drug-likeness (QED) is 0.569. The van der Waals surface area contributed by atoms with Crippen LogP contribution in [0.3, 0.4) is 0 Å². The summed E-state index contributed by atoms with van der Waals surface area (Å²) in [5, 5.41) is 11.4. The van der Waals surface area contributed by atoms with E-state index in [-0.39, 0.29) is 11.7 Å². The maximum Gasteiger partial charge on any atom is 0.339 e. The number of rotatable bonds is 7. The van der Waals surface area contributed by atoms with Crippen LogP contribution in [0, 0.1) is 11.3 Å². The predicted molar refractivity (Wildman–Crippen MR) is 106 cm³/mol. The number of hydrogen-bond acceptors (Lipinski definition) is 6. The van der Waals surface area contributed by atoms with Gasteiger partial charge in [-0.1, -0.05) is 12.1 Å². The lowest BCUT2D eigenvalue weighted by atomic mass is 10.2. The fourth-order valence-corrected chi connectivity index (χ4v) is 3.08. The lowest BCUT2D eigenvalue weighted by Crippen LogP contribution is -2.23. The third kappa shape index (κ3) is 6.14. The summed E-state index contributed by atoms with van der Waals surface area (Å²) in [5.74, 6) is -1.02. The Balaban J connectivity index is 1.92. The van der Waals surface area contributed by atoms with Gasteiger partial charge in [-0.2, -0.15) is 5.26 Å². The summed E-state index contributed by atoms with van der Waals surface area (Å²) in [7, 11) is 3.32. The van der Waals surface area contributed by atoms with Crippen molar-refractivity contribution in [2.75, 3.05) is 31.8 Å². The molecule has 2 amide bonds. The molecule has 0 unspecified atom stereocenters. The fraction of sp³-hybridized carbons (Fsp3) is 0.200. The van der Waals surface area contributed by atoms with Gasteiger partial charge in [0, 0.05) is 24.7 Å². The van der Waals surface area contributed by atoms with Crippen LogP contribution in [0.5, 0.6) is 0 Å². The number of nitrogens with zero attached hydrogens (tertiary/aromatic N) is 2. The van der Waals surface area contributed by atoms with Crippen LogP contribution in [0.4, 0.5) is 5.69 Å². The molecule has 0 radical (unpaired) electrons. The minimum Gasteiger partial charge on any atom is -0.452 e. The molecule has 2 aromatic carbocycles. The van der Waals surface area contributed by atoms with Crippen molar-refractivity contribution in [3.63, 3.8) is 0 Å². The summed E-state index contributed by atoms with van der Waals surface area (Å²) in [4.78, 5) is 38.1. The Labute approximate surface area is 167 Å². The number of esters is 1. The third-order valence-corrected chi connectivity index (χ3v) is 4.65. The van der Waals surface area contributed by atoms with E-state index >= 15 is 0 Å². The molecule has 0 saturated carbocycles. The average Bonchev–Trinajstić information content (AvgIpc) is 2.70. The molecule has 0 fully saturated rings. The van der Waals surface area contributed by atoms with Crippen molar-refractivity contribution >= 4 is 35.2 Å². The van der Waals surface area contributed by atoms with Crippen LogP contribution in [-0.4, -0.2) is 49.1 Å². The van der Waals surface area contributed by atoms with Gasteiger partial charge >= 0.3 is 5.97 Å². The Kier molecular flexibility index (Phi) is 7.60. The summed E-state index contributed by atoms with van der Waals surface area (Å²) >= 11 is 1.23. The minimum absolute atomic E-state index is 0.0741. The van der Waals surface area contributed by atoms with Crippen molar-refractivity contribution < 1.29 is 19.1 Å². The summed E-state index contributed by atoms with van der Waals surface area (Å²) in [6.45, 7) is -0.450. The lowest BCUT2D eigenvalue weighted by Gasteiger charge is -2.12. The highest BCUT2D eigenvalue weighted by molar-refractivity contribution is 8.00. The molecule has 0 aliphatic rings. The van der Waals surface area contributed by atoms with Crippen molar-refractivity contribution in [3.05, 3.63) is 59.7 Å². The molecular formula is C20H19N3O4S. The Hall–Kier alpha value is -3.31. The van der Waals surface area contributed by atoms with Crippen LogP contribution in [0.25, 0.3) is 0 Å². The van der Waals surface area contributed by atoms with Crippen LogP contribution in [0.15, 0.2) is 53.4 Å². The maximum absolute atomic E-state index is 12.3. The van der Waals surface area contributed by atoms with Crippen molar-refractivity contribution in [2.24, 2.45) is 0 Å². The first kappa shape index (κ1) is 21.0. The molecule has 0 bridgehead atoms. The van der Waals surface area contributed by atoms with Gasteiger partial charge in [-0.25, -0.2) is 4.79 Å². The number of carbonyl (C=O) groups is 3. The molecule has 1 N–H and O–H groups in total. The normalized spacial score (nSPS) is 9.89. The van der Waals surface area contributed by atoms with Crippen LogP contribution in [0.1, 0.15) is 15.9 Å². The van der Waals surface area contributed by atoms with Gasteiger partial charge in [-0.15, -0.1) is 11.8 Å². The van der Waals surface area contributed by atoms with Gasteiger partial charge in [0.2, 0.25) is 5.91 Å². The molecule has 2 aromatic rings. The Bertz CT molecular complexity index is 904. The second-order valence-corrected chi connectivity index (χ2v) is 6.90. The number of benzene rings is 2. The van der Waals surface area contributed by atoms with Crippen LogP contribution in [0.2, 0.25) is 0 Å². The molecule has 0 aromatic heterocycles. The zero-order valence-corrected chi connectivity index (χ0v) is 16.3. The number of ether oxygens (including phenoxy) is 1. The van der Waals surface area contributed by atoms with Gasteiger partial charge in [-0.3, -0.25) is 9.59 Å². The lowest BCUT2D eigenvalue weighted by molar-refractivity contribution is -0.125. The highest BCUT2D eigenvalue weighted by atomic mass is 32.2. The van der Waals surface area contributed by atoms with Gasteiger partial charge in [0.05, 0.1) is 22.9 Å². The van der Waals surface area contributed by atoms with E-state index in [0.29, 0.717) is 21.7 Å². The van der Waals surface area contributed by atoms with E-state index in [4.69, 9.17) is 10.00 Å². The summed E-state index contributed by atoms with van der Waals surface area (Å²) < 4.78 is 5.09. The molecule has 2 rings (SSSR count). The Morgan fingerprint density at radius 2 is 1.79 bits per heavy atom. The number of thioether (sulfide) groups is 1. The summed E-state index contributed by atoms with van der Waals surface area (Å²) in [6, 6.07) is 15.1. The van der Waals surface area contributed by atoms with Gasteiger partial charge < -0.3 is 15.0 Å². The number of nitrogens with one attached hydrogen (secondary N) is 1. The smallest absolute Gasteiger partial charge is 0.339 e. The van der Waals surface area contributed by atoms with Gasteiger partial charge in [0.25, 0.3) is 5.91 Å². The number of amides is 2.